The Morgan fingerprint density at radius 3 is 2.38 bits per heavy atom. The normalized spacial score (nSPS) is 10.5. The molecule has 0 fully saturated rings. The van der Waals surface area contributed by atoms with E-state index in [0.29, 0.717) is 22.9 Å². The number of esters is 1. The molecule has 128 valence electrons. The zero-order valence-corrected chi connectivity index (χ0v) is 14.9. The van der Waals surface area contributed by atoms with Crippen molar-refractivity contribution in [2.45, 2.75) is 39.5 Å². The summed E-state index contributed by atoms with van der Waals surface area (Å²) in [5, 5.41) is 0.576. The van der Waals surface area contributed by atoms with Gasteiger partial charge in [0.15, 0.2) is 0 Å². The monoisotopic (exact) mass is 346 g/mol. The van der Waals surface area contributed by atoms with Gasteiger partial charge in [0, 0.05) is 5.02 Å². The van der Waals surface area contributed by atoms with Gasteiger partial charge >= 0.3 is 5.97 Å². The standard InChI is InChI=1S/C20H23ClO3/c1-3-4-5-6-13-23-17-11-8-16(9-12-17)20(22)24-18-10-7-15(2)19(21)14-18/h7-12,14H,3-6,13H2,1-2H3. The Hall–Kier alpha value is -2.00. The van der Waals surface area contributed by atoms with E-state index in [1.54, 1.807) is 36.4 Å². The summed E-state index contributed by atoms with van der Waals surface area (Å²) >= 11 is 6.04. The van der Waals surface area contributed by atoms with E-state index >= 15 is 0 Å². The summed E-state index contributed by atoms with van der Waals surface area (Å²) < 4.78 is 11.0. The molecular weight excluding hydrogens is 324 g/mol. The molecule has 3 nitrogen and oxygen atoms in total. The maximum Gasteiger partial charge on any atom is 0.343 e. The average molecular weight is 347 g/mol. The van der Waals surface area contributed by atoms with E-state index in [2.05, 4.69) is 6.92 Å². The summed E-state index contributed by atoms with van der Waals surface area (Å²) in [4.78, 5) is 12.1. The molecule has 0 aliphatic carbocycles. The van der Waals surface area contributed by atoms with Crippen molar-refractivity contribution < 1.29 is 14.3 Å². The van der Waals surface area contributed by atoms with Crippen LogP contribution < -0.4 is 9.47 Å². The molecule has 0 saturated heterocycles. The Bertz CT molecular complexity index is 665. The predicted molar refractivity (Wildman–Crippen MR) is 97.2 cm³/mol. The first-order valence-corrected chi connectivity index (χ1v) is 8.69. The Labute approximate surface area is 148 Å². The smallest absolute Gasteiger partial charge is 0.343 e. The number of aryl methyl sites for hydroxylation is 1. The third-order valence-electron chi connectivity index (χ3n) is 3.71. The average Bonchev–Trinajstić information content (AvgIpc) is 2.58. The first-order valence-electron chi connectivity index (χ1n) is 8.31. The summed E-state index contributed by atoms with van der Waals surface area (Å²) in [6, 6.07) is 12.2. The second kappa shape index (κ2) is 9.33. The Balaban J connectivity index is 1.87. The summed E-state index contributed by atoms with van der Waals surface area (Å²) in [5.74, 6) is 0.790. The number of benzene rings is 2. The van der Waals surface area contributed by atoms with Crippen LogP contribution in [0.15, 0.2) is 42.5 Å². The van der Waals surface area contributed by atoms with E-state index in [1.807, 2.05) is 13.0 Å². The van der Waals surface area contributed by atoms with Crippen molar-refractivity contribution in [1.29, 1.82) is 0 Å². The Kier molecular flexibility index (Phi) is 7.13. The molecule has 4 heteroatoms. The zero-order chi connectivity index (χ0) is 17.4. The van der Waals surface area contributed by atoms with E-state index < -0.39 is 5.97 Å². The van der Waals surface area contributed by atoms with Crippen LogP contribution in [-0.2, 0) is 0 Å². The number of ether oxygens (including phenoxy) is 2. The van der Waals surface area contributed by atoms with Crippen molar-refractivity contribution in [3.05, 3.63) is 58.6 Å². The number of halogens is 1. The molecule has 0 aliphatic rings. The molecule has 0 aliphatic heterocycles. The van der Waals surface area contributed by atoms with Gasteiger partial charge in [-0.05, 0) is 55.3 Å². The topological polar surface area (TPSA) is 35.5 Å². The molecule has 0 heterocycles. The van der Waals surface area contributed by atoms with Gasteiger partial charge in [0.25, 0.3) is 0 Å². The minimum atomic E-state index is -0.413. The molecule has 0 aromatic heterocycles. The van der Waals surface area contributed by atoms with E-state index in [-0.39, 0.29) is 0 Å². The van der Waals surface area contributed by atoms with Crippen LogP contribution in [0, 0.1) is 6.92 Å². The molecule has 0 unspecified atom stereocenters. The third-order valence-corrected chi connectivity index (χ3v) is 4.12. The molecule has 2 rings (SSSR count). The lowest BCUT2D eigenvalue weighted by atomic mass is 10.2. The molecule has 0 saturated carbocycles. The van der Waals surface area contributed by atoms with Gasteiger partial charge in [-0.2, -0.15) is 0 Å². The van der Waals surface area contributed by atoms with E-state index in [9.17, 15) is 4.79 Å². The van der Waals surface area contributed by atoms with Gasteiger partial charge < -0.3 is 9.47 Å². The van der Waals surface area contributed by atoms with Crippen molar-refractivity contribution in [2.75, 3.05) is 6.61 Å². The van der Waals surface area contributed by atoms with Crippen molar-refractivity contribution in [3.8, 4) is 11.5 Å². The molecule has 2 aromatic rings. The summed E-state index contributed by atoms with van der Waals surface area (Å²) in [7, 11) is 0. The fraction of sp³-hybridized carbons (Fsp3) is 0.350. The second-order valence-electron chi connectivity index (χ2n) is 5.73. The fourth-order valence-electron chi connectivity index (χ4n) is 2.21. The molecule has 2 aromatic carbocycles. The largest absolute Gasteiger partial charge is 0.494 e. The highest BCUT2D eigenvalue weighted by molar-refractivity contribution is 6.31. The quantitative estimate of drug-likeness (QED) is 0.343. The number of carbonyl (C=O) groups excluding carboxylic acids is 1. The van der Waals surface area contributed by atoms with Crippen molar-refractivity contribution >= 4 is 17.6 Å². The van der Waals surface area contributed by atoms with Gasteiger partial charge in [0.05, 0.1) is 12.2 Å². The minimum absolute atomic E-state index is 0.413. The lowest BCUT2D eigenvalue weighted by Crippen LogP contribution is -2.08. The van der Waals surface area contributed by atoms with Gasteiger partial charge in [0.1, 0.15) is 11.5 Å². The highest BCUT2D eigenvalue weighted by Gasteiger charge is 2.09. The molecule has 0 spiro atoms. The highest BCUT2D eigenvalue weighted by Crippen LogP contribution is 2.23. The van der Waals surface area contributed by atoms with Gasteiger partial charge in [0.2, 0.25) is 0 Å². The lowest BCUT2D eigenvalue weighted by Gasteiger charge is -2.08. The summed E-state index contributed by atoms with van der Waals surface area (Å²) in [6.07, 6.45) is 4.67. The summed E-state index contributed by atoms with van der Waals surface area (Å²) in [6.45, 7) is 4.78. The molecular formula is C20H23ClO3. The van der Waals surface area contributed by atoms with Gasteiger partial charge in [-0.25, -0.2) is 4.79 Å². The van der Waals surface area contributed by atoms with Crippen LogP contribution in [0.5, 0.6) is 11.5 Å². The van der Waals surface area contributed by atoms with Crippen LogP contribution in [0.25, 0.3) is 0 Å². The first kappa shape index (κ1) is 18.3. The first-order chi connectivity index (χ1) is 11.6. The number of hydrogen-bond acceptors (Lipinski definition) is 3. The SMILES string of the molecule is CCCCCCOc1ccc(C(=O)Oc2ccc(C)c(Cl)c2)cc1. The minimum Gasteiger partial charge on any atom is -0.494 e. The maximum atomic E-state index is 12.1. The van der Waals surface area contributed by atoms with Crippen LogP contribution in [0.1, 0.15) is 48.5 Å². The number of unbranched alkanes of at least 4 members (excludes halogenated alkanes) is 3. The third kappa shape index (κ3) is 5.57. The lowest BCUT2D eigenvalue weighted by molar-refractivity contribution is 0.0734. The molecule has 0 radical (unpaired) electrons. The fourth-order valence-corrected chi connectivity index (χ4v) is 2.38. The van der Waals surface area contributed by atoms with Crippen LogP contribution in [-0.4, -0.2) is 12.6 Å². The van der Waals surface area contributed by atoms with Gasteiger partial charge in [-0.1, -0.05) is 43.9 Å². The number of hydrogen-bond donors (Lipinski definition) is 0. The Morgan fingerprint density at radius 1 is 1.00 bits per heavy atom. The molecule has 24 heavy (non-hydrogen) atoms. The highest BCUT2D eigenvalue weighted by atomic mass is 35.5. The molecule has 0 N–H and O–H groups in total. The van der Waals surface area contributed by atoms with Crippen molar-refractivity contribution in [3.63, 3.8) is 0 Å². The van der Waals surface area contributed by atoms with Gasteiger partial charge in [-0.3, -0.25) is 0 Å². The summed E-state index contributed by atoms with van der Waals surface area (Å²) in [5.41, 5.74) is 1.42. The van der Waals surface area contributed by atoms with Crippen molar-refractivity contribution in [1.82, 2.24) is 0 Å². The van der Waals surface area contributed by atoms with E-state index in [1.165, 1.54) is 19.3 Å². The second-order valence-corrected chi connectivity index (χ2v) is 6.14. The Morgan fingerprint density at radius 2 is 1.71 bits per heavy atom. The maximum absolute atomic E-state index is 12.1. The van der Waals surface area contributed by atoms with Crippen LogP contribution in [0.4, 0.5) is 0 Å². The molecule has 0 atom stereocenters. The van der Waals surface area contributed by atoms with Crippen LogP contribution in [0.3, 0.4) is 0 Å². The molecule has 0 bridgehead atoms. The van der Waals surface area contributed by atoms with Crippen LogP contribution in [0.2, 0.25) is 5.02 Å². The molecule has 0 amide bonds. The van der Waals surface area contributed by atoms with Crippen molar-refractivity contribution in [2.24, 2.45) is 0 Å². The number of carbonyl (C=O) groups is 1. The zero-order valence-electron chi connectivity index (χ0n) is 14.2. The van der Waals surface area contributed by atoms with Gasteiger partial charge in [-0.15, -0.1) is 0 Å². The predicted octanol–water partition coefficient (Wildman–Crippen LogP) is 5.83. The van der Waals surface area contributed by atoms with E-state index in [0.717, 1.165) is 17.7 Å². The van der Waals surface area contributed by atoms with Crippen LogP contribution >= 0.6 is 11.6 Å². The van der Waals surface area contributed by atoms with E-state index in [4.69, 9.17) is 21.1 Å². The number of rotatable bonds is 8.